The number of hydrogen-bond acceptors (Lipinski definition) is 9. The zero-order valence-corrected chi connectivity index (χ0v) is 26.2. The molecular formula is C30H36ClFN4O8. The molecule has 0 saturated carbocycles. The SMILES string of the molecule is C[C@H]1COC(C)(C)CN1c1nc(-c2c(F)cccc2OC(=O)OC(C)(C)C)c(Cl)c2c1C(=O)N1CCN(C(=O)O)C[C@@H]1CO2. The molecular weight excluding hydrogens is 599 g/mol. The standard InChI is InChI=1S/C30H36ClFN4O8/c1-16-13-42-30(5,6)15-36(16)25-21-24(41-14-17-12-34(27(38)39)10-11-35(17)26(21)37)22(31)23(33-25)20-18(32)8-7-9-19(20)43-28(40)44-29(2,3)4/h7-9,16-17H,10-15H2,1-6H3,(H,38,39)/t16-,17+/m0/s1. The molecule has 1 aromatic heterocycles. The molecule has 0 spiro atoms. The van der Waals surface area contributed by atoms with E-state index in [1.54, 1.807) is 25.7 Å². The van der Waals surface area contributed by atoms with Gasteiger partial charge in [-0.05, 0) is 53.7 Å². The van der Waals surface area contributed by atoms with Crippen LogP contribution in [0.25, 0.3) is 11.3 Å². The number of nitrogens with zero attached hydrogens (tertiary/aromatic N) is 4. The summed E-state index contributed by atoms with van der Waals surface area (Å²) in [6.07, 6.45) is -2.15. The van der Waals surface area contributed by atoms with Gasteiger partial charge in [0, 0.05) is 26.2 Å². The molecule has 0 unspecified atom stereocenters. The topological polar surface area (TPSA) is 131 Å². The van der Waals surface area contributed by atoms with E-state index >= 15 is 4.39 Å². The van der Waals surface area contributed by atoms with Gasteiger partial charge in [-0.3, -0.25) is 4.79 Å². The molecule has 3 aliphatic rings. The van der Waals surface area contributed by atoms with Gasteiger partial charge in [-0.1, -0.05) is 17.7 Å². The van der Waals surface area contributed by atoms with Gasteiger partial charge in [0.15, 0.2) is 5.75 Å². The van der Waals surface area contributed by atoms with Gasteiger partial charge in [-0.25, -0.2) is 19.0 Å². The molecule has 2 fully saturated rings. The number of carbonyl (C=O) groups is 3. The van der Waals surface area contributed by atoms with Crippen LogP contribution in [0, 0.1) is 5.82 Å². The molecule has 2 aromatic rings. The molecule has 0 bridgehead atoms. The van der Waals surface area contributed by atoms with Crippen LogP contribution in [0.4, 0.5) is 19.8 Å². The van der Waals surface area contributed by atoms with Crippen molar-refractivity contribution < 1.29 is 42.8 Å². The van der Waals surface area contributed by atoms with E-state index in [4.69, 9.17) is 35.5 Å². The second kappa shape index (κ2) is 11.6. The third kappa shape index (κ3) is 6.20. The zero-order valence-electron chi connectivity index (χ0n) is 25.5. The Bertz CT molecular complexity index is 1500. The Labute approximate surface area is 259 Å². The van der Waals surface area contributed by atoms with E-state index in [1.165, 1.54) is 23.1 Å². The molecule has 5 rings (SSSR count). The lowest BCUT2D eigenvalue weighted by molar-refractivity contribution is -0.0424. The number of rotatable bonds is 3. The minimum absolute atomic E-state index is 0.0177. The zero-order chi connectivity index (χ0) is 32.1. The first-order chi connectivity index (χ1) is 20.6. The highest BCUT2D eigenvalue weighted by atomic mass is 35.5. The average molecular weight is 635 g/mol. The van der Waals surface area contributed by atoms with Crippen LogP contribution in [-0.2, 0) is 9.47 Å². The summed E-state index contributed by atoms with van der Waals surface area (Å²) in [5, 5.41) is 9.41. The second-order valence-electron chi connectivity index (χ2n) is 12.7. The predicted molar refractivity (Wildman–Crippen MR) is 158 cm³/mol. The molecule has 1 N–H and O–H groups in total. The molecule has 14 heteroatoms. The molecule has 2 amide bonds. The van der Waals surface area contributed by atoms with Gasteiger partial charge >= 0.3 is 12.2 Å². The van der Waals surface area contributed by atoms with Crippen molar-refractivity contribution >= 4 is 35.6 Å². The Balaban J connectivity index is 1.69. The predicted octanol–water partition coefficient (Wildman–Crippen LogP) is 5.06. The highest BCUT2D eigenvalue weighted by molar-refractivity contribution is 6.35. The first-order valence-electron chi connectivity index (χ1n) is 14.3. The van der Waals surface area contributed by atoms with Crippen LogP contribution in [0.5, 0.6) is 11.5 Å². The minimum atomic E-state index is -1.09. The monoisotopic (exact) mass is 634 g/mol. The van der Waals surface area contributed by atoms with Gasteiger partial charge in [0.2, 0.25) is 0 Å². The van der Waals surface area contributed by atoms with E-state index in [-0.39, 0.29) is 71.4 Å². The number of hydrogen-bond donors (Lipinski definition) is 1. The highest BCUT2D eigenvalue weighted by Crippen LogP contribution is 2.47. The quantitative estimate of drug-likeness (QED) is 0.361. The first kappa shape index (κ1) is 31.6. The number of morpholine rings is 1. The van der Waals surface area contributed by atoms with Gasteiger partial charge < -0.3 is 38.8 Å². The van der Waals surface area contributed by atoms with Crippen LogP contribution in [0.2, 0.25) is 5.02 Å². The summed E-state index contributed by atoms with van der Waals surface area (Å²) in [7, 11) is 0. The summed E-state index contributed by atoms with van der Waals surface area (Å²) in [6.45, 7) is 11.6. The Morgan fingerprint density at radius 1 is 1.16 bits per heavy atom. The number of pyridine rings is 1. The fourth-order valence-electron chi connectivity index (χ4n) is 5.50. The smallest absolute Gasteiger partial charge is 0.489 e. The van der Waals surface area contributed by atoms with Crippen LogP contribution < -0.4 is 14.4 Å². The number of carbonyl (C=O) groups excluding carboxylic acids is 2. The van der Waals surface area contributed by atoms with E-state index in [9.17, 15) is 19.5 Å². The number of carboxylic acid groups (broad SMARTS) is 1. The number of piperazine rings is 1. The highest BCUT2D eigenvalue weighted by Gasteiger charge is 2.43. The minimum Gasteiger partial charge on any atom is -0.489 e. The lowest BCUT2D eigenvalue weighted by atomic mass is 10.0. The van der Waals surface area contributed by atoms with Gasteiger partial charge in [-0.15, -0.1) is 0 Å². The van der Waals surface area contributed by atoms with E-state index in [2.05, 4.69) is 0 Å². The van der Waals surface area contributed by atoms with Crippen LogP contribution in [-0.4, -0.2) is 101 Å². The lowest BCUT2D eigenvalue weighted by Crippen LogP contribution is -2.57. The Morgan fingerprint density at radius 2 is 1.89 bits per heavy atom. The average Bonchev–Trinajstić information content (AvgIpc) is 3.06. The van der Waals surface area contributed by atoms with Gasteiger partial charge in [0.25, 0.3) is 5.91 Å². The molecule has 3 aliphatic heterocycles. The first-order valence-corrected chi connectivity index (χ1v) is 14.7. The maximum atomic E-state index is 15.7. The van der Waals surface area contributed by atoms with Crippen LogP contribution in [0.15, 0.2) is 18.2 Å². The molecule has 4 heterocycles. The summed E-state index contributed by atoms with van der Waals surface area (Å²) in [5.74, 6) is -1.23. The van der Waals surface area contributed by atoms with Crippen molar-refractivity contribution in [2.24, 2.45) is 0 Å². The molecule has 0 aliphatic carbocycles. The third-order valence-corrected chi connectivity index (χ3v) is 7.94. The van der Waals surface area contributed by atoms with Crippen LogP contribution >= 0.6 is 11.6 Å². The van der Waals surface area contributed by atoms with Crippen molar-refractivity contribution in [1.29, 1.82) is 0 Å². The number of halogens is 2. The summed E-state index contributed by atoms with van der Waals surface area (Å²) >= 11 is 6.92. The number of fused-ring (bicyclic) bond motifs is 2. The number of anilines is 1. The maximum Gasteiger partial charge on any atom is 0.514 e. The van der Waals surface area contributed by atoms with Crippen molar-refractivity contribution in [2.45, 2.75) is 64.8 Å². The number of benzene rings is 1. The fraction of sp³-hybridized carbons (Fsp3) is 0.533. The Morgan fingerprint density at radius 3 is 2.57 bits per heavy atom. The Kier molecular flexibility index (Phi) is 8.31. The summed E-state index contributed by atoms with van der Waals surface area (Å²) in [6, 6.07) is 3.09. The van der Waals surface area contributed by atoms with E-state index < -0.39 is 41.2 Å². The van der Waals surface area contributed by atoms with Crippen molar-refractivity contribution in [3.05, 3.63) is 34.6 Å². The summed E-state index contributed by atoms with van der Waals surface area (Å²) < 4.78 is 38.6. The normalized spacial score (nSPS) is 21.5. The second-order valence-corrected chi connectivity index (χ2v) is 13.1. The molecule has 44 heavy (non-hydrogen) atoms. The van der Waals surface area contributed by atoms with Gasteiger partial charge in [0.05, 0.1) is 29.9 Å². The summed E-state index contributed by atoms with van der Waals surface area (Å²) in [5.41, 5.74) is -1.72. The van der Waals surface area contributed by atoms with E-state index in [1.807, 2.05) is 25.7 Å². The van der Waals surface area contributed by atoms with Crippen LogP contribution in [0.1, 0.15) is 51.9 Å². The van der Waals surface area contributed by atoms with Crippen molar-refractivity contribution in [3.8, 4) is 22.8 Å². The molecule has 2 saturated heterocycles. The molecule has 0 radical (unpaired) electrons. The van der Waals surface area contributed by atoms with Crippen molar-refractivity contribution in [3.63, 3.8) is 0 Å². The number of aromatic nitrogens is 1. The third-order valence-electron chi connectivity index (χ3n) is 7.59. The molecule has 2 atom stereocenters. The lowest BCUT2D eigenvalue weighted by Gasteiger charge is -2.44. The largest absolute Gasteiger partial charge is 0.514 e. The summed E-state index contributed by atoms with van der Waals surface area (Å²) in [4.78, 5) is 48.1. The van der Waals surface area contributed by atoms with Gasteiger partial charge in [-0.2, -0.15) is 0 Å². The maximum absolute atomic E-state index is 15.7. The van der Waals surface area contributed by atoms with Crippen molar-refractivity contribution in [2.75, 3.05) is 44.3 Å². The van der Waals surface area contributed by atoms with E-state index in [0.717, 1.165) is 0 Å². The van der Waals surface area contributed by atoms with Crippen molar-refractivity contribution in [1.82, 2.24) is 14.8 Å². The van der Waals surface area contributed by atoms with Gasteiger partial charge in [0.1, 0.15) is 45.9 Å². The number of ether oxygens (including phenoxy) is 4. The molecule has 12 nitrogen and oxygen atoms in total. The molecule has 1 aromatic carbocycles. The van der Waals surface area contributed by atoms with E-state index in [0.29, 0.717) is 13.2 Å². The Hall–Kier alpha value is -3.84. The fourth-order valence-corrected chi connectivity index (χ4v) is 5.79. The number of amides is 2. The van der Waals surface area contributed by atoms with Crippen LogP contribution in [0.3, 0.4) is 0 Å². The molecule has 238 valence electrons.